The van der Waals surface area contributed by atoms with Crippen LogP contribution >= 0.6 is 0 Å². The van der Waals surface area contributed by atoms with Gasteiger partial charge in [0.25, 0.3) is 0 Å². The van der Waals surface area contributed by atoms with Crippen LogP contribution in [0.1, 0.15) is 36.8 Å². The number of aryl methyl sites for hydroxylation is 1. The molecule has 0 spiro atoms. The highest BCUT2D eigenvalue weighted by Gasteiger charge is 2.12. The van der Waals surface area contributed by atoms with Crippen molar-refractivity contribution in [3.05, 3.63) is 35.4 Å². The van der Waals surface area contributed by atoms with Crippen molar-refractivity contribution in [2.75, 3.05) is 19.3 Å². The van der Waals surface area contributed by atoms with Crippen LogP contribution in [0.2, 0.25) is 0 Å². The Morgan fingerprint density at radius 3 is 2.52 bits per heavy atom. The lowest BCUT2D eigenvalue weighted by atomic mass is 9.93. The van der Waals surface area contributed by atoms with Crippen molar-refractivity contribution in [2.45, 2.75) is 32.6 Å². The summed E-state index contributed by atoms with van der Waals surface area (Å²) in [6.07, 6.45) is 2.14. The van der Waals surface area contributed by atoms with Gasteiger partial charge in [-0.1, -0.05) is 31.2 Å². The zero-order valence-electron chi connectivity index (χ0n) is 12.8. The number of benzene rings is 1. The molecule has 1 amide bonds. The Kier molecular flexibility index (Phi) is 6.84. The summed E-state index contributed by atoms with van der Waals surface area (Å²) in [7, 11) is -3.15. The van der Waals surface area contributed by atoms with Crippen molar-refractivity contribution < 1.29 is 13.2 Å². The van der Waals surface area contributed by atoms with Crippen LogP contribution in [0.15, 0.2) is 24.3 Å². The molecule has 21 heavy (non-hydrogen) atoms. The topological polar surface area (TPSA) is 75.3 Å². The summed E-state index contributed by atoms with van der Waals surface area (Å²) in [5, 5.41) is 2.82. The first-order chi connectivity index (χ1) is 9.79. The first kappa shape index (κ1) is 17.7. The van der Waals surface area contributed by atoms with Gasteiger partial charge >= 0.3 is 0 Å². The SMILES string of the molecule is Cc1ccccc1C(C)CC(=O)NCCCNS(C)(=O)=O. The average molecular weight is 312 g/mol. The van der Waals surface area contributed by atoms with Gasteiger partial charge in [-0.15, -0.1) is 0 Å². The molecule has 0 aromatic heterocycles. The third-order valence-electron chi connectivity index (χ3n) is 3.25. The number of hydrogen-bond donors (Lipinski definition) is 2. The van der Waals surface area contributed by atoms with Crippen LogP contribution in [0.5, 0.6) is 0 Å². The van der Waals surface area contributed by atoms with E-state index < -0.39 is 10.0 Å². The van der Waals surface area contributed by atoms with Gasteiger partial charge in [-0.2, -0.15) is 0 Å². The van der Waals surface area contributed by atoms with E-state index in [4.69, 9.17) is 0 Å². The Morgan fingerprint density at radius 1 is 1.24 bits per heavy atom. The Hall–Kier alpha value is -1.40. The molecule has 2 N–H and O–H groups in total. The maximum atomic E-state index is 11.8. The summed E-state index contributed by atoms with van der Waals surface area (Å²) >= 11 is 0. The van der Waals surface area contributed by atoms with E-state index >= 15 is 0 Å². The van der Waals surface area contributed by atoms with Gasteiger partial charge in [0.15, 0.2) is 0 Å². The highest BCUT2D eigenvalue weighted by molar-refractivity contribution is 7.88. The summed E-state index contributed by atoms with van der Waals surface area (Å²) in [5.41, 5.74) is 2.38. The molecule has 0 bridgehead atoms. The van der Waals surface area contributed by atoms with Crippen LogP contribution in [-0.2, 0) is 14.8 Å². The maximum absolute atomic E-state index is 11.8. The third-order valence-corrected chi connectivity index (χ3v) is 3.98. The van der Waals surface area contributed by atoms with E-state index in [-0.39, 0.29) is 11.8 Å². The van der Waals surface area contributed by atoms with Crippen LogP contribution in [0.4, 0.5) is 0 Å². The molecule has 0 aliphatic rings. The summed E-state index contributed by atoms with van der Waals surface area (Å²) in [5.74, 6) is 0.158. The molecule has 0 aliphatic heterocycles. The van der Waals surface area contributed by atoms with Gasteiger partial charge in [0.1, 0.15) is 0 Å². The number of rotatable bonds is 8. The minimum Gasteiger partial charge on any atom is -0.356 e. The van der Waals surface area contributed by atoms with Crippen LogP contribution < -0.4 is 10.0 Å². The monoisotopic (exact) mass is 312 g/mol. The summed E-state index contributed by atoms with van der Waals surface area (Å²) in [6, 6.07) is 8.05. The quantitative estimate of drug-likeness (QED) is 0.715. The lowest BCUT2D eigenvalue weighted by molar-refractivity contribution is -0.121. The van der Waals surface area contributed by atoms with Gasteiger partial charge in [-0.25, -0.2) is 13.1 Å². The van der Waals surface area contributed by atoms with Gasteiger partial charge in [-0.05, 0) is 30.4 Å². The maximum Gasteiger partial charge on any atom is 0.220 e. The molecule has 1 unspecified atom stereocenters. The molecule has 5 nitrogen and oxygen atoms in total. The van der Waals surface area contributed by atoms with Crippen LogP contribution in [0, 0.1) is 6.92 Å². The Bertz CT molecular complexity index is 570. The lowest BCUT2D eigenvalue weighted by Gasteiger charge is -2.14. The van der Waals surface area contributed by atoms with Crippen LogP contribution in [-0.4, -0.2) is 33.7 Å². The van der Waals surface area contributed by atoms with Crippen molar-refractivity contribution in [1.82, 2.24) is 10.0 Å². The minimum absolute atomic E-state index is 0.00916. The molecular weight excluding hydrogens is 288 g/mol. The molecule has 0 heterocycles. The molecule has 0 radical (unpaired) electrons. The molecule has 1 atom stereocenters. The Morgan fingerprint density at radius 2 is 1.90 bits per heavy atom. The van der Waals surface area contributed by atoms with E-state index in [1.807, 2.05) is 38.1 Å². The first-order valence-corrected chi connectivity index (χ1v) is 8.95. The van der Waals surface area contributed by atoms with E-state index in [2.05, 4.69) is 10.0 Å². The number of nitrogens with one attached hydrogen (secondary N) is 2. The predicted molar refractivity (Wildman–Crippen MR) is 84.7 cm³/mol. The number of sulfonamides is 1. The summed E-state index contributed by atoms with van der Waals surface area (Å²) in [6.45, 7) is 4.89. The van der Waals surface area contributed by atoms with Crippen LogP contribution in [0.3, 0.4) is 0 Å². The minimum atomic E-state index is -3.15. The van der Waals surface area contributed by atoms with E-state index in [1.165, 1.54) is 11.1 Å². The first-order valence-electron chi connectivity index (χ1n) is 7.06. The fourth-order valence-electron chi connectivity index (χ4n) is 2.17. The van der Waals surface area contributed by atoms with E-state index in [9.17, 15) is 13.2 Å². The van der Waals surface area contributed by atoms with Crippen molar-refractivity contribution >= 4 is 15.9 Å². The van der Waals surface area contributed by atoms with Crippen molar-refractivity contribution in [3.8, 4) is 0 Å². The fourth-order valence-corrected chi connectivity index (χ4v) is 2.69. The molecule has 0 saturated heterocycles. The van der Waals surface area contributed by atoms with E-state index in [0.29, 0.717) is 25.9 Å². The fraction of sp³-hybridized carbons (Fsp3) is 0.533. The van der Waals surface area contributed by atoms with Gasteiger partial charge in [0.05, 0.1) is 6.26 Å². The Labute approximate surface area is 127 Å². The van der Waals surface area contributed by atoms with Crippen molar-refractivity contribution in [2.24, 2.45) is 0 Å². The van der Waals surface area contributed by atoms with Gasteiger partial charge < -0.3 is 5.32 Å². The highest BCUT2D eigenvalue weighted by atomic mass is 32.2. The van der Waals surface area contributed by atoms with Gasteiger partial charge in [0, 0.05) is 19.5 Å². The standard InChI is InChI=1S/C15H24N2O3S/c1-12-7-4-5-8-14(12)13(2)11-15(18)16-9-6-10-17-21(3,19)20/h4-5,7-8,13,17H,6,9-11H2,1-3H3,(H,16,18). The number of carbonyl (C=O) groups is 1. The van der Waals surface area contributed by atoms with E-state index in [0.717, 1.165) is 6.26 Å². The largest absolute Gasteiger partial charge is 0.356 e. The molecule has 0 fully saturated rings. The number of amides is 1. The average Bonchev–Trinajstić information content (AvgIpc) is 2.37. The zero-order chi connectivity index (χ0) is 15.9. The third kappa shape index (κ3) is 7.24. The van der Waals surface area contributed by atoms with Crippen molar-refractivity contribution in [3.63, 3.8) is 0 Å². The van der Waals surface area contributed by atoms with Gasteiger partial charge in [-0.3, -0.25) is 4.79 Å². The van der Waals surface area contributed by atoms with Crippen LogP contribution in [0.25, 0.3) is 0 Å². The lowest BCUT2D eigenvalue weighted by Crippen LogP contribution is -2.29. The molecule has 0 saturated carbocycles. The molecule has 0 aliphatic carbocycles. The summed E-state index contributed by atoms with van der Waals surface area (Å²) < 4.78 is 24.1. The van der Waals surface area contributed by atoms with E-state index in [1.54, 1.807) is 0 Å². The normalized spacial score (nSPS) is 12.9. The number of hydrogen-bond acceptors (Lipinski definition) is 3. The smallest absolute Gasteiger partial charge is 0.220 e. The number of carbonyl (C=O) groups excluding carboxylic acids is 1. The molecule has 118 valence electrons. The Balaban J connectivity index is 2.29. The zero-order valence-corrected chi connectivity index (χ0v) is 13.7. The second kappa shape index (κ2) is 8.14. The second-order valence-electron chi connectivity index (χ2n) is 5.33. The summed E-state index contributed by atoms with van der Waals surface area (Å²) in [4.78, 5) is 11.8. The highest BCUT2D eigenvalue weighted by Crippen LogP contribution is 2.21. The van der Waals surface area contributed by atoms with Crippen molar-refractivity contribution in [1.29, 1.82) is 0 Å². The molecule has 1 rings (SSSR count). The molecule has 6 heteroatoms. The molecular formula is C15H24N2O3S. The van der Waals surface area contributed by atoms with Gasteiger partial charge in [0.2, 0.25) is 15.9 Å². The molecule has 1 aromatic rings. The second-order valence-corrected chi connectivity index (χ2v) is 7.16. The predicted octanol–water partition coefficient (Wildman–Crippen LogP) is 1.54. The molecule has 1 aromatic carbocycles.